The van der Waals surface area contributed by atoms with Crippen molar-refractivity contribution in [3.05, 3.63) is 59.5 Å². The van der Waals surface area contributed by atoms with Crippen molar-refractivity contribution in [3.8, 4) is 0 Å². The average Bonchev–Trinajstić information content (AvgIpc) is 2.87. The second kappa shape index (κ2) is 4.77. The molecular weight excluding hydrogens is 252 g/mol. The number of rotatable bonds is 2. The van der Waals surface area contributed by atoms with Crippen LogP contribution in [0, 0.1) is 13.8 Å². The molecule has 0 radical (unpaired) electrons. The van der Waals surface area contributed by atoms with Gasteiger partial charge in [0.05, 0.1) is 6.20 Å². The zero-order valence-corrected chi connectivity index (χ0v) is 11.3. The van der Waals surface area contributed by atoms with Gasteiger partial charge >= 0.3 is 0 Å². The number of aromatic nitrogens is 3. The number of para-hydroxylation sites is 1. The predicted molar refractivity (Wildman–Crippen MR) is 76.9 cm³/mol. The number of aryl methyl sites for hydroxylation is 2. The van der Waals surface area contributed by atoms with Gasteiger partial charge in [0.1, 0.15) is 5.56 Å². The summed E-state index contributed by atoms with van der Waals surface area (Å²) < 4.78 is 1.58. The zero-order chi connectivity index (χ0) is 14.1. The highest BCUT2D eigenvalue weighted by molar-refractivity contribution is 6.08. The van der Waals surface area contributed by atoms with Gasteiger partial charge in [-0.05, 0) is 31.0 Å². The fourth-order valence-electron chi connectivity index (χ4n) is 2.18. The van der Waals surface area contributed by atoms with Crippen LogP contribution >= 0.6 is 0 Å². The largest absolute Gasteiger partial charge is 0.321 e. The Hall–Kier alpha value is -2.69. The number of nitrogens with one attached hydrogen (secondary N) is 1. The quantitative estimate of drug-likeness (QED) is 0.775. The number of nitrogens with zero attached hydrogens (tertiary/aromatic N) is 3. The summed E-state index contributed by atoms with van der Waals surface area (Å²) in [7, 11) is 0. The van der Waals surface area contributed by atoms with E-state index in [1.54, 1.807) is 23.0 Å². The van der Waals surface area contributed by atoms with Crippen LogP contribution in [0.3, 0.4) is 0 Å². The average molecular weight is 266 g/mol. The van der Waals surface area contributed by atoms with Crippen LogP contribution in [0.4, 0.5) is 5.69 Å². The summed E-state index contributed by atoms with van der Waals surface area (Å²) in [5.74, 6) is -0.198. The second-order valence-corrected chi connectivity index (χ2v) is 4.67. The molecule has 0 bridgehead atoms. The third-order valence-corrected chi connectivity index (χ3v) is 3.24. The van der Waals surface area contributed by atoms with Crippen molar-refractivity contribution in [1.29, 1.82) is 0 Å². The monoisotopic (exact) mass is 266 g/mol. The van der Waals surface area contributed by atoms with E-state index >= 15 is 0 Å². The van der Waals surface area contributed by atoms with Crippen molar-refractivity contribution < 1.29 is 4.79 Å². The highest BCUT2D eigenvalue weighted by Gasteiger charge is 2.15. The first kappa shape index (κ1) is 12.3. The maximum atomic E-state index is 12.4. The maximum Gasteiger partial charge on any atom is 0.261 e. The molecule has 0 saturated carbocycles. The molecule has 2 aromatic heterocycles. The molecule has 3 aromatic rings. The number of carbonyl (C=O) groups excluding carboxylic acids is 1. The molecule has 3 rings (SSSR count). The molecule has 0 spiro atoms. The van der Waals surface area contributed by atoms with Crippen LogP contribution in [0.25, 0.3) is 5.65 Å². The van der Waals surface area contributed by atoms with E-state index < -0.39 is 0 Å². The molecule has 1 aromatic carbocycles. The molecule has 5 nitrogen and oxygen atoms in total. The van der Waals surface area contributed by atoms with Crippen LogP contribution < -0.4 is 5.32 Å². The van der Waals surface area contributed by atoms with Crippen LogP contribution in [-0.4, -0.2) is 20.5 Å². The van der Waals surface area contributed by atoms with Gasteiger partial charge in [-0.3, -0.25) is 4.79 Å². The summed E-state index contributed by atoms with van der Waals surface area (Å²) in [5, 5.41) is 7.06. The van der Waals surface area contributed by atoms with Gasteiger partial charge in [0.25, 0.3) is 5.91 Å². The SMILES string of the molecule is Cc1cccc(C)c1NC(=O)c1cnn2cccnc12. The lowest BCUT2D eigenvalue weighted by Gasteiger charge is -2.10. The number of hydrogen-bond acceptors (Lipinski definition) is 3. The first-order valence-corrected chi connectivity index (χ1v) is 6.33. The molecular formula is C15H14N4O. The molecule has 100 valence electrons. The Labute approximate surface area is 116 Å². The Balaban J connectivity index is 1.98. The topological polar surface area (TPSA) is 59.3 Å². The van der Waals surface area contributed by atoms with Crippen molar-refractivity contribution in [3.63, 3.8) is 0 Å². The Morgan fingerprint density at radius 1 is 1.20 bits per heavy atom. The van der Waals surface area contributed by atoms with Gasteiger partial charge in [-0.15, -0.1) is 0 Å². The standard InChI is InChI=1S/C15H14N4O/c1-10-5-3-6-11(2)13(10)18-15(20)12-9-17-19-8-4-7-16-14(12)19/h3-9H,1-2H3,(H,18,20). The zero-order valence-electron chi connectivity index (χ0n) is 11.3. The minimum absolute atomic E-state index is 0.198. The Morgan fingerprint density at radius 2 is 1.95 bits per heavy atom. The van der Waals surface area contributed by atoms with E-state index in [9.17, 15) is 4.79 Å². The number of amides is 1. The fourth-order valence-corrected chi connectivity index (χ4v) is 2.18. The van der Waals surface area contributed by atoms with Crippen molar-refractivity contribution in [2.75, 3.05) is 5.32 Å². The van der Waals surface area contributed by atoms with Crippen LogP contribution in [0.1, 0.15) is 21.5 Å². The molecule has 20 heavy (non-hydrogen) atoms. The third-order valence-electron chi connectivity index (χ3n) is 3.24. The van der Waals surface area contributed by atoms with E-state index in [2.05, 4.69) is 15.4 Å². The van der Waals surface area contributed by atoms with Gasteiger partial charge in [-0.1, -0.05) is 18.2 Å². The molecule has 0 aliphatic carbocycles. The van der Waals surface area contributed by atoms with E-state index in [1.165, 1.54) is 6.20 Å². The van der Waals surface area contributed by atoms with Crippen molar-refractivity contribution in [1.82, 2.24) is 14.6 Å². The van der Waals surface area contributed by atoms with Gasteiger partial charge in [0.15, 0.2) is 5.65 Å². The molecule has 0 aliphatic heterocycles. The lowest BCUT2D eigenvalue weighted by molar-refractivity contribution is 0.102. The lowest BCUT2D eigenvalue weighted by atomic mass is 10.1. The van der Waals surface area contributed by atoms with E-state index in [1.807, 2.05) is 32.0 Å². The highest BCUT2D eigenvalue weighted by atomic mass is 16.1. The van der Waals surface area contributed by atoms with Gasteiger partial charge in [-0.2, -0.15) is 5.10 Å². The summed E-state index contributed by atoms with van der Waals surface area (Å²) in [6.45, 7) is 3.94. The molecule has 5 heteroatoms. The van der Waals surface area contributed by atoms with E-state index in [4.69, 9.17) is 0 Å². The van der Waals surface area contributed by atoms with Gasteiger partial charge in [-0.25, -0.2) is 9.50 Å². The van der Waals surface area contributed by atoms with Crippen LogP contribution in [-0.2, 0) is 0 Å². The first-order valence-electron chi connectivity index (χ1n) is 6.33. The van der Waals surface area contributed by atoms with Crippen LogP contribution in [0.5, 0.6) is 0 Å². The Kier molecular flexibility index (Phi) is 2.95. The smallest absolute Gasteiger partial charge is 0.261 e. The van der Waals surface area contributed by atoms with Crippen molar-refractivity contribution in [2.24, 2.45) is 0 Å². The lowest BCUT2D eigenvalue weighted by Crippen LogP contribution is -2.13. The summed E-state index contributed by atoms with van der Waals surface area (Å²) in [5.41, 5.74) is 3.92. The second-order valence-electron chi connectivity index (χ2n) is 4.67. The normalized spacial score (nSPS) is 10.7. The van der Waals surface area contributed by atoms with Crippen molar-refractivity contribution >= 4 is 17.2 Å². The third kappa shape index (κ3) is 2.03. The van der Waals surface area contributed by atoms with Gasteiger partial charge in [0, 0.05) is 18.1 Å². The number of carbonyl (C=O) groups is 1. The van der Waals surface area contributed by atoms with Crippen LogP contribution in [0.15, 0.2) is 42.9 Å². The molecule has 0 aliphatic rings. The summed E-state index contributed by atoms with van der Waals surface area (Å²) >= 11 is 0. The van der Waals surface area contributed by atoms with Gasteiger partial charge in [0.2, 0.25) is 0 Å². The van der Waals surface area contributed by atoms with Crippen molar-refractivity contribution in [2.45, 2.75) is 13.8 Å². The van der Waals surface area contributed by atoms with E-state index in [0.29, 0.717) is 11.2 Å². The van der Waals surface area contributed by atoms with E-state index in [-0.39, 0.29) is 5.91 Å². The molecule has 0 saturated heterocycles. The Morgan fingerprint density at radius 3 is 2.70 bits per heavy atom. The molecule has 2 heterocycles. The molecule has 0 fully saturated rings. The number of benzene rings is 1. The summed E-state index contributed by atoms with van der Waals surface area (Å²) in [6.07, 6.45) is 4.94. The highest BCUT2D eigenvalue weighted by Crippen LogP contribution is 2.20. The number of anilines is 1. The fraction of sp³-hybridized carbons (Fsp3) is 0.133. The minimum Gasteiger partial charge on any atom is -0.321 e. The summed E-state index contributed by atoms with van der Waals surface area (Å²) in [6, 6.07) is 7.68. The Bertz CT molecular complexity index is 771. The predicted octanol–water partition coefficient (Wildman–Crippen LogP) is 2.60. The van der Waals surface area contributed by atoms with E-state index in [0.717, 1.165) is 16.8 Å². The number of hydrogen-bond donors (Lipinski definition) is 1. The molecule has 0 unspecified atom stereocenters. The maximum absolute atomic E-state index is 12.4. The minimum atomic E-state index is -0.198. The first-order chi connectivity index (χ1) is 9.66. The van der Waals surface area contributed by atoms with Crippen LogP contribution in [0.2, 0.25) is 0 Å². The molecule has 0 atom stereocenters. The molecule has 1 N–H and O–H groups in total. The molecule has 1 amide bonds. The number of fused-ring (bicyclic) bond motifs is 1. The summed E-state index contributed by atoms with van der Waals surface area (Å²) in [4.78, 5) is 16.6. The van der Waals surface area contributed by atoms with Gasteiger partial charge < -0.3 is 5.32 Å².